The van der Waals surface area contributed by atoms with Crippen LogP contribution < -0.4 is 16.2 Å². The molecule has 1 aliphatic rings. The van der Waals surface area contributed by atoms with Crippen molar-refractivity contribution < 1.29 is 13.6 Å². The fourth-order valence-corrected chi connectivity index (χ4v) is 2.88. The molecule has 27 heavy (non-hydrogen) atoms. The van der Waals surface area contributed by atoms with Crippen LogP contribution in [0, 0.1) is 6.92 Å². The maximum absolute atomic E-state index is 12.3. The number of carbonyl (C=O) groups is 1. The highest BCUT2D eigenvalue weighted by atomic mass is 19.3. The summed E-state index contributed by atoms with van der Waals surface area (Å²) in [6.07, 6.45) is 2.98. The molecule has 3 rings (SSSR count). The highest BCUT2D eigenvalue weighted by molar-refractivity contribution is 5.93. The van der Waals surface area contributed by atoms with Gasteiger partial charge in [-0.3, -0.25) is 15.6 Å². The molecule has 1 heterocycles. The third-order valence-corrected chi connectivity index (χ3v) is 4.68. The van der Waals surface area contributed by atoms with Crippen LogP contribution in [0.25, 0.3) is 0 Å². The summed E-state index contributed by atoms with van der Waals surface area (Å²) in [5, 5.41) is 3.38. The molecule has 1 fully saturated rings. The number of hydrogen-bond acceptors (Lipinski definition) is 5. The lowest BCUT2D eigenvalue weighted by Crippen LogP contribution is -2.42. The van der Waals surface area contributed by atoms with E-state index in [1.54, 1.807) is 0 Å². The van der Waals surface area contributed by atoms with E-state index in [9.17, 15) is 13.6 Å². The van der Waals surface area contributed by atoms with Gasteiger partial charge in [0.15, 0.2) is 0 Å². The van der Waals surface area contributed by atoms with Crippen molar-refractivity contribution in [1.29, 1.82) is 0 Å². The van der Waals surface area contributed by atoms with Crippen LogP contribution in [0.4, 0.5) is 14.7 Å². The van der Waals surface area contributed by atoms with Gasteiger partial charge in [-0.1, -0.05) is 36.4 Å². The summed E-state index contributed by atoms with van der Waals surface area (Å²) in [7, 11) is 0. The number of halogens is 2. The number of allylic oxidation sites excluding steroid dienone is 1. The van der Waals surface area contributed by atoms with E-state index in [1.807, 2.05) is 6.92 Å². The molecule has 1 aromatic heterocycles. The highest BCUT2D eigenvalue weighted by Gasteiger charge is 2.39. The summed E-state index contributed by atoms with van der Waals surface area (Å²) in [5.41, 5.74) is 5.93. The molecule has 0 bridgehead atoms. The van der Waals surface area contributed by atoms with E-state index in [-0.39, 0.29) is 11.1 Å². The third-order valence-electron chi connectivity index (χ3n) is 4.68. The van der Waals surface area contributed by atoms with Crippen LogP contribution in [0.15, 0.2) is 48.9 Å². The maximum Gasteiger partial charge on any atom is 0.279 e. The molecule has 1 saturated carbocycles. The zero-order chi connectivity index (χ0) is 19.4. The monoisotopic (exact) mass is 373 g/mol. The Labute approximate surface area is 156 Å². The fourth-order valence-electron chi connectivity index (χ4n) is 2.88. The minimum Gasteiger partial charge on any atom is -0.345 e. The number of rotatable bonds is 7. The number of nitrogens with one attached hydrogen (secondary N) is 3. The smallest absolute Gasteiger partial charge is 0.279 e. The molecular formula is C19H21F2N5O. The molecule has 0 saturated heterocycles. The van der Waals surface area contributed by atoms with Gasteiger partial charge in [-0.05, 0) is 31.7 Å². The number of benzene rings is 1. The summed E-state index contributed by atoms with van der Waals surface area (Å²) in [6.45, 7) is 5.15. The lowest BCUT2D eigenvalue weighted by molar-refractivity contribution is 0.0928. The Balaban J connectivity index is 1.65. The summed E-state index contributed by atoms with van der Waals surface area (Å²) < 4.78 is 24.7. The quantitative estimate of drug-likeness (QED) is 0.649. The standard InChI is InChI=1S/C19H21F2N5O/c1-12-4-6-15(7-5-12)19(8-3-9-19)24-18-22-10-14(11-23-18)17(27)26-25-13(2)16(20)21/h4-7,10-11,16,25H,2-3,8-9H2,1H3,(H,26,27)(H,22,23,24). The molecule has 6 nitrogen and oxygen atoms in total. The van der Waals surface area contributed by atoms with E-state index in [0.717, 1.165) is 19.3 Å². The molecule has 0 atom stereocenters. The fraction of sp³-hybridized carbons (Fsp3) is 0.316. The van der Waals surface area contributed by atoms with Gasteiger partial charge in [-0.25, -0.2) is 18.7 Å². The highest BCUT2D eigenvalue weighted by Crippen LogP contribution is 2.43. The molecule has 2 aromatic rings. The van der Waals surface area contributed by atoms with Crippen molar-refractivity contribution in [2.24, 2.45) is 0 Å². The first-order valence-electron chi connectivity index (χ1n) is 8.60. The molecular weight excluding hydrogens is 352 g/mol. The molecule has 0 spiro atoms. The van der Waals surface area contributed by atoms with Crippen molar-refractivity contribution in [3.63, 3.8) is 0 Å². The number of hydrazine groups is 1. The number of carbonyl (C=O) groups excluding carboxylic acids is 1. The third kappa shape index (κ3) is 4.21. The van der Waals surface area contributed by atoms with Gasteiger partial charge in [0.05, 0.1) is 16.8 Å². The lowest BCUT2D eigenvalue weighted by atomic mass is 9.72. The topological polar surface area (TPSA) is 78.9 Å². The maximum atomic E-state index is 12.3. The number of aryl methyl sites for hydroxylation is 1. The Morgan fingerprint density at radius 2 is 1.78 bits per heavy atom. The molecule has 0 radical (unpaired) electrons. The number of anilines is 1. The van der Waals surface area contributed by atoms with E-state index in [4.69, 9.17) is 0 Å². The summed E-state index contributed by atoms with van der Waals surface area (Å²) in [6, 6.07) is 8.35. The van der Waals surface area contributed by atoms with E-state index < -0.39 is 18.0 Å². The average Bonchev–Trinajstić information content (AvgIpc) is 2.63. The van der Waals surface area contributed by atoms with Gasteiger partial charge in [-0.2, -0.15) is 0 Å². The lowest BCUT2D eigenvalue weighted by Gasteiger charge is -2.43. The van der Waals surface area contributed by atoms with E-state index in [1.165, 1.54) is 23.5 Å². The van der Waals surface area contributed by atoms with Gasteiger partial charge in [0.2, 0.25) is 5.95 Å². The Morgan fingerprint density at radius 3 is 2.30 bits per heavy atom. The molecule has 1 amide bonds. The van der Waals surface area contributed by atoms with Crippen LogP contribution >= 0.6 is 0 Å². The van der Waals surface area contributed by atoms with Crippen molar-refractivity contribution in [1.82, 2.24) is 20.8 Å². The van der Waals surface area contributed by atoms with Crippen LogP contribution in [0.3, 0.4) is 0 Å². The van der Waals surface area contributed by atoms with Crippen LogP contribution in [-0.2, 0) is 5.54 Å². The first kappa shape index (κ1) is 18.8. The van der Waals surface area contributed by atoms with Crippen molar-refractivity contribution in [2.45, 2.75) is 38.2 Å². The second kappa shape index (κ2) is 7.69. The molecule has 0 aliphatic heterocycles. The van der Waals surface area contributed by atoms with E-state index >= 15 is 0 Å². The summed E-state index contributed by atoms with van der Waals surface area (Å²) >= 11 is 0. The Bertz CT molecular complexity index is 817. The van der Waals surface area contributed by atoms with Crippen LogP contribution in [0.2, 0.25) is 0 Å². The molecule has 8 heteroatoms. The molecule has 1 aliphatic carbocycles. The second-order valence-corrected chi connectivity index (χ2v) is 6.63. The van der Waals surface area contributed by atoms with Crippen molar-refractivity contribution >= 4 is 11.9 Å². The molecule has 142 valence electrons. The first-order valence-corrected chi connectivity index (χ1v) is 8.60. The molecule has 0 unspecified atom stereocenters. The number of alkyl halides is 2. The Kier molecular flexibility index (Phi) is 5.34. The number of nitrogens with zero attached hydrogens (tertiary/aromatic N) is 2. The predicted molar refractivity (Wildman–Crippen MR) is 98.1 cm³/mol. The zero-order valence-corrected chi connectivity index (χ0v) is 14.9. The number of hydrogen-bond donors (Lipinski definition) is 3. The van der Waals surface area contributed by atoms with Crippen molar-refractivity contribution in [3.8, 4) is 0 Å². The summed E-state index contributed by atoms with van der Waals surface area (Å²) in [4.78, 5) is 20.3. The van der Waals surface area contributed by atoms with E-state index in [2.05, 4.69) is 57.0 Å². The van der Waals surface area contributed by atoms with Crippen molar-refractivity contribution in [3.05, 3.63) is 65.6 Å². The molecule has 3 N–H and O–H groups in total. The largest absolute Gasteiger partial charge is 0.345 e. The van der Waals surface area contributed by atoms with Crippen molar-refractivity contribution in [2.75, 3.05) is 5.32 Å². The summed E-state index contributed by atoms with van der Waals surface area (Å²) in [5.74, 6) is -0.211. The normalized spacial score (nSPS) is 15.0. The van der Waals surface area contributed by atoms with Gasteiger partial charge in [0.1, 0.15) is 0 Å². The van der Waals surface area contributed by atoms with Gasteiger partial charge < -0.3 is 5.32 Å². The van der Waals surface area contributed by atoms with E-state index in [0.29, 0.717) is 5.95 Å². The van der Waals surface area contributed by atoms with Gasteiger partial charge >= 0.3 is 0 Å². The SMILES string of the molecule is C=C(NNC(=O)c1cnc(NC2(c3ccc(C)cc3)CCC2)nc1)C(F)F. The minimum atomic E-state index is -2.77. The zero-order valence-electron chi connectivity index (χ0n) is 14.9. The Morgan fingerprint density at radius 1 is 1.15 bits per heavy atom. The van der Waals surface area contributed by atoms with Crippen LogP contribution in [-0.4, -0.2) is 22.3 Å². The Hall–Kier alpha value is -3.03. The van der Waals surface area contributed by atoms with Gasteiger partial charge in [-0.15, -0.1) is 0 Å². The predicted octanol–water partition coefficient (Wildman–Crippen LogP) is 3.29. The number of amides is 1. The minimum absolute atomic E-state index is 0.146. The second-order valence-electron chi connectivity index (χ2n) is 6.63. The molecule has 1 aromatic carbocycles. The van der Waals surface area contributed by atoms with Gasteiger partial charge in [0, 0.05) is 12.4 Å². The van der Waals surface area contributed by atoms with Gasteiger partial charge in [0.25, 0.3) is 12.3 Å². The van der Waals surface area contributed by atoms with Crippen LogP contribution in [0.5, 0.6) is 0 Å². The van der Waals surface area contributed by atoms with Crippen LogP contribution in [0.1, 0.15) is 40.7 Å². The first-order chi connectivity index (χ1) is 12.9. The average molecular weight is 373 g/mol. The number of aromatic nitrogens is 2.